The van der Waals surface area contributed by atoms with Crippen LogP contribution in [0, 0.1) is 3.57 Å². The Morgan fingerprint density at radius 1 is 1.12 bits per heavy atom. The van der Waals surface area contributed by atoms with Crippen molar-refractivity contribution in [2.24, 2.45) is 0 Å². The van der Waals surface area contributed by atoms with Crippen molar-refractivity contribution in [2.45, 2.75) is 12.8 Å². The van der Waals surface area contributed by atoms with Gasteiger partial charge in [0.1, 0.15) is 0 Å². The Morgan fingerprint density at radius 2 is 1.92 bits per heavy atom. The lowest BCUT2D eigenvalue weighted by Crippen LogP contribution is -2.25. The lowest BCUT2D eigenvalue weighted by molar-refractivity contribution is -0.116. The Labute approximate surface area is 173 Å². The molecule has 2 amide bonds. The maximum Gasteiger partial charge on any atom is 0.252 e. The molecule has 0 saturated carbocycles. The van der Waals surface area contributed by atoms with Gasteiger partial charge in [-0.15, -0.1) is 11.3 Å². The van der Waals surface area contributed by atoms with E-state index in [1.807, 2.05) is 35.0 Å². The van der Waals surface area contributed by atoms with E-state index in [0.717, 1.165) is 11.3 Å². The van der Waals surface area contributed by atoms with E-state index in [0.29, 0.717) is 30.1 Å². The van der Waals surface area contributed by atoms with Crippen LogP contribution in [0.2, 0.25) is 0 Å². The molecule has 3 rings (SSSR count). The van der Waals surface area contributed by atoms with Crippen LogP contribution in [0.25, 0.3) is 11.3 Å². The van der Waals surface area contributed by atoms with E-state index in [-0.39, 0.29) is 11.8 Å². The molecule has 8 heteroatoms. The number of thiazole rings is 1. The molecule has 0 atom stereocenters. The summed E-state index contributed by atoms with van der Waals surface area (Å²) in [5.41, 5.74) is 2.54. The zero-order valence-corrected chi connectivity index (χ0v) is 17.5. The van der Waals surface area contributed by atoms with Crippen molar-refractivity contribution < 1.29 is 9.59 Å². The molecule has 2 heterocycles. The quantitative estimate of drug-likeness (QED) is 0.370. The van der Waals surface area contributed by atoms with E-state index in [1.165, 1.54) is 26.2 Å². The van der Waals surface area contributed by atoms with Gasteiger partial charge in [-0.2, -0.15) is 11.3 Å². The molecule has 0 aliphatic rings. The van der Waals surface area contributed by atoms with Crippen molar-refractivity contribution in [1.82, 2.24) is 10.3 Å². The van der Waals surface area contributed by atoms with E-state index in [2.05, 4.69) is 38.2 Å². The first kappa shape index (κ1) is 19.0. The van der Waals surface area contributed by atoms with Gasteiger partial charge >= 0.3 is 0 Å². The Kier molecular flexibility index (Phi) is 6.75. The lowest BCUT2D eigenvalue weighted by atomic mass is 10.2. The Morgan fingerprint density at radius 3 is 2.65 bits per heavy atom. The van der Waals surface area contributed by atoms with Gasteiger partial charge in [0.05, 0.1) is 5.69 Å². The Bertz CT molecular complexity index is 876. The van der Waals surface area contributed by atoms with Gasteiger partial charge in [-0.05, 0) is 52.6 Å². The molecule has 134 valence electrons. The molecule has 2 N–H and O–H groups in total. The van der Waals surface area contributed by atoms with Crippen LogP contribution >= 0.6 is 45.3 Å². The number of nitrogens with one attached hydrogen (secondary N) is 2. The van der Waals surface area contributed by atoms with Gasteiger partial charge in [0.15, 0.2) is 5.13 Å². The standard InChI is InChI=1S/C18H16IN3O2S2/c19-14-5-3-12(4-6-14)15-11-26-18(21-15)22-16(23)2-1-8-20-17(24)13-7-9-25-10-13/h3-7,9-11H,1-2,8H2,(H,20,24)(H,21,22,23). The fourth-order valence-electron chi connectivity index (χ4n) is 2.21. The van der Waals surface area contributed by atoms with E-state index < -0.39 is 0 Å². The average Bonchev–Trinajstić information content (AvgIpc) is 3.31. The van der Waals surface area contributed by atoms with Gasteiger partial charge in [0.2, 0.25) is 5.91 Å². The fourth-order valence-corrected chi connectivity index (χ4v) is 3.94. The predicted octanol–water partition coefficient (Wildman–Crippen LogP) is 4.62. The normalized spacial score (nSPS) is 10.5. The molecule has 0 spiro atoms. The molecular weight excluding hydrogens is 481 g/mol. The van der Waals surface area contributed by atoms with Crippen LogP contribution in [0.3, 0.4) is 0 Å². The second-order valence-corrected chi connectivity index (χ2v) is 8.35. The van der Waals surface area contributed by atoms with Crippen LogP contribution in [-0.2, 0) is 4.79 Å². The zero-order valence-electron chi connectivity index (χ0n) is 13.7. The highest BCUT2D eigenvalue weighted by molar-refractivity contribution is 14.1. The Hall–Kier alpha value is -1.78. The van der Waals surface area contributed by atoms with E-state index in [1.54, 1.807) is 11.4 Å². The molecule has 0 aliphatic carbocycles. The minimum Gasteiger partial charge on any atom is -0.352 e. The van der Waals surface area contributed by atoms with E-state index in [4.69, 9.17) is 0 Å². The summed E-state index contributed by atoms with van der Waals surface area (Å²) in [5, 5.41) is 11.8. The van der Waals surface area contributed by atoms with Crippen LogP contribution in [0.5, 0.6) is 0 Å². The van der Waals surface area contributed by atoms with Gasteiger partial charge in [-0.25, -0.2) is 4.98 Å². The molecule has 0 unspecified atom stereocenters. The predicted molar refractivity (Wildman–Crippen MR) is 115 cm³/mol. The number of hydrogen-bond donors (Lipinski definition) is 2. The number of nitrogens with zero attached hydrogens (tertiary/aromatic N) is 1. The molecule has 5 nitrogen and oxygen atoms in total. The molecule has 0 aliphatic heterocycles. The highest BCUT2D eigenvalue weighted by atomic mass is 127. The van der Waals surface area contributed by atoms with Gasteiger partial charge in [0.25, 0.3) is 5.91 Å². The number of thiophene rings is 1. The fraction of sp³-hybridized carbons (Fsp3) is 0.167. The van der Waals surface area contributed by atoms with Gasteiger partial charge in [-0.3, -0.25) is 9.59 Å². The third-order valence-electron chi connectivity index (χ3n) is 3.54. The molecule has 3 aromatic rings. The number of carbonyl (C=O) groups excluding carboxylic acids is 2. The summed E-state index contributed by atoms with van der Waals surface area (Å²) in [6.07, 6.45) is 0.916. The van der Waals surface area contributed by atoms with Crippen molar-refractivity contribution in [3.05, 3.63) is 55.6 Å². The number of anilines is 1. The van der Waals surface area contributed by atoms with Crippen LogP contribution < -0.4 is 10.6 Å². The number of rotatable bonds is 7. The largest absolute Gasteiger partial charge is 0.352 e. The number of amides is 2. The zero-order chi connectivity index (χ0) is 18.4. The minimum absolute atomic E-state index is 0.0988. The molecule has 0 fully saturated rings. The van der Waals surface area contributed by atoms with Crippen molar-refractivity contribution in [1.29, 1.82) is 0 Å². The summed E-state index contributed by atoms with van der Waals surface area (Å²) in [7, 11) is 0. The molecule has 1 aromatic carbocycles. The van der Waals surface area contributed by atoms with Crippen molar-refractivity contribution >= 4 is 62.2 Å². The SMILES string of the molecule is O=C(CCCNC(=O)c1ccsc1)Nc1nc(-c2ccc(I)cc2)cs1. The van der Waals surface area contributed by atoms with Crippen LogP contribution in [-0.4, -0.2) is 23.3 Å². The number of carbonyl (C=O) groups is 2. The molecule has 0 radical (unpaired) electrons. The monoisotopic (exact) mass is 497 g/mol. The van der Waals surface area contributed by atoms with Crippen LogP contribution in [0.4, 0.5) is 5.13 Å². The third-order valence-corrected chi connectivity index (χ3v) is 5.70. The number of halogens is 1. The second kappa shape index (κ2) is 9.24. The van der Waals surface area contributed by atoms with Gasteiger partial charge in [-0.1, -0.05) is 12.1 Å². The summed E-state index contributed by atoms with van der Waals surface area (Å²) in [4.78, 5) is 28.3. The molecule has 26 heavy (non-hydrogen) atoms. The molecule has 0 bridgehead atoms. The molecule has 2 aromatic heterocycles. The maximum absolute atomic E-state index is 12.0. The first-order valence-corrected chi connectivity index (χ1v) is 10.8. The maximum atomic E-state index is 12.0. The number of benzene rings is 1. The first-order chi connectivity index (χ1) is 12.6. The third kappa shape index (κ3) is 5.36. The van der Waals surface area contributed by atoms with Crippen molar-refractivity contribution in [3.8, 4) is 11.3 Å². The summed E-state index contributed by atoms with van der Waals surface area (Å²) in [5.74, 6) is -0.202. The Balaban J connectivity index is 1.42. The summed E-state index contributed by atoms with van der Waals surface area (Å²) >= 11 is 5.15. The molecule has 0 saturated heterocycles. The van der Waals surface area contributed by atoms with Crippen molar-refractivity contribution in [3.63, 3.8) is 0 Å². The topological polar surface area (TPSA) is 71.1 Å². The number of aromatic nitrogens is 1. The average molecular weight is 497 g/mol. The van der Waals surface area contributed by atoms with Gasteiger partial charge < -0.3 is 10.6 Å². The van der Waals surface area contributed by atoms with E-state index in [9.17, 15) is 9.59 Å². The lowest BCUT2D eigenvalue weighted by Gasteiger charge is -2.04. The second-order valence-electron chi connectivity index (χ2n) is 5.46. The minimum atomic E-state index is -0.103. The van der Waals surface area contributed by atoms with Crippen LogP contribution in [0.15, 0.2) is 46.5 Å². The highest BCUT2D eigenvalue weighted by Gasteiger charge is 2.09. The highest BCUT2D eigenvalue weighted by Crippen LogP contribution is 2.25. The van der Waals surface area contributed by atoms with E-state index >= 15 is 0 Å². The van der Waals surface area contributed by atoms with Crippen molar-refractivity contribution in [2.75, 3.05) is 11.9 Å². The summed E-state index contributed by atoms with van der Waals surface area (Å²) in [6, 6.07) is 9.85. The van der Waals surface area contributed by atoms with Gasteiger partial charge in [0, 0.05) is 38.4 Å². The molecular formula is C18H16IN3O2S2. The summed E-state index contributed by atoms with van der Waals surface area (Å²) < 4.78 is 1.17. The van der Waals surface area contributed by atoms with Crippen LogP contribution in [0.1, 0.15) is 23.2 Å². The smallest absolute Gasteiger partial charge is 0.252 e. The first-order valence-electron chi connectivity index (χ1n) is 7.93. The number of hydrogen-bond acceptors (Lipinski definition) is 5. The summed E-state index contributed by atoms with van der Waals surface area (Å²) in [6.45, 7) is 0.466.